The van der Waals surface area contributed by atoms with Crippen molar-refractivity contribution in [3.63, 3.8) is 0 Å². The second-order valence-electron chi connectivity index (χ2n) is 5.96. The Kier molecular flexibility index (Phi) is 7.51. The predicted octanol–water partition coefficient (Wildman–Crippen LogP) is 2.30. The highest BCUT2D eigenvalue weighted by molar-refractivity contribution is 7.88. The summed E-state index contributed by atoms with van der Waals surface area (Å²) in [5.74, 6) is -0.332. The Balaban J connectivity index is 1.90. The van der Waals surface area contributed by atoms with E-state index in [0.717, 1.165) is 0 Å². The second kappa shape index (κ2) is 9.19. The molecule has 1 aliphatic heterocycles. The largest absolute Gasteiger partial charge is 0.383 e. The molecule has 1 aromatic carbocycles. The van der Waals surface area contributed by atoms with Crippen LogP contribution in [0.25, 0.3) is 0 Å². The van der Waals surface area contributed by atoms with Gasteiger partial charge in [-0.1, -0.05) is 29.3 Å². The number of hydrogen-bond donors (Lipinski definition) is 1. The first-order valence-electron chi connectivity index (χ1n) is 8.02. The highest BCUT2D eigenvalue weighted by Crippen LogP contribution is 2.26. The van der Waals surface area contributed by atoms with Crippen molar-refractivity contribution in [1.29, 1.82) is 0 Å². The topological polar surface area (TPSA) is 75.7 Å². The van der Waals surface area contributed by atoms with Crippen LogP contribution in [0.3, 0.4) is 0 Å². The number of benzene rings is 1. The zero-order valence-corrected chi connectivity index (χ0v) is 16.3. The Morgan fingerprint density at radius 1 is 1.28 bits per heavy atom. The van der Waals surface area contributed by atoms with Crippen molar-refractivity contribution in [2.75, 3.05) is 33.4 Å². The van der Waals surface area contributed by atoms with E-state index in [1.165, 1.54) is 4.31 Å². The number of carbonyl (C=O) groups is 1. The standard InChI is InChI=1S/C16H22Cl2N2O4S/c1-24-9-6-19-16(21)13-4-7-20(8-5-13)25(22,23)11-12-2-3-14(17)15(18)10-12/h2-3,10,13H,4-9,11H2,1H3,(H,19,21). The van der Waals surface area contributed by atoms with Crippen LogP contribution in [0.1, 0.15) is 18.4 Å². The molecule has 2 rings (SSSR count). The molecule has 25 heavy (non-hydrogen) atoms. The molecule has 1 N–H and O–H groups in total. The van der Waals surface area contributed by atoms with Gasteiger partial charge >= 0.3 is 0 Å². The van der Waals surface area contributed by atoms with Crippen LogP contribution in [0, 0.1) is 5.92 Å². The Morgan fingerprint density at radius 2 is 1.96 bits per heavy atom. The number of nitrogens with one attached hydrogen (secondary N) is 1. The van der Waals surface area contributed by atoms with Crippen LogP contribution < -0.4 is 5.32 Å². The number of amides is 1. The molecule has 1 amide bonds. The number of sulfonamides is 1. The van der Waals surface area contributed by atoms with Gasteiger partial charge in [0.15, 0.2) is 0 Å². The average Bonchev–Trinajstić information content (AvgIpc) is 2.58. The lowest BCUT2D eigenvalue weighted by Crippen LogP contribution is -2.43. The van der Waals surface area contributed by atoms with Gasteiger partial charge in [-0.2, -0.15) is 0 Å². The summed E-state index contributed by atoms with van der Waals surface area (Å²) in [5, 5.41) is 3.52. The van der Waals surface area contributed by atoms with Gasteiger partial charge < -0.3 is 10.1 Å². The van der Waals surface area contributed by atoms with Crippen molar-refractivity contribution in [2.24, 2.45) is 5.92 Å². The number of hydrogen-bond acceptors (Lipinski definition) is 4. The normalized spacial score (nSPS) is 16.8. The molecule has 1 aromatic rings. The zero-order valence-electron chi connectivity index (χ0n) is 14.0. The first kappa shape index (κ1) is 20.5. The number of ether oxygens (including phenoxy) is 1. The van der Waals surface area contributed by atoms with Gasteiger partial charge in [0.1, 0.15) is 0 Å². The second-order valence-corrected chi connectivity index (χ2v) is 8.75. The summed E-state index contributed by atoms with van der Waals surface area (Å²) >= 11 is 11.8. The molecule has 0 atom stereocenters. The maximum absolute atomic E-state index is 12.6. The number of nitrogens with zero attached hydrogens (tertiary/aromatic N) is 1. The molecule has 1 fully saturated rings. The Hall–Kier alpha value is -0.860. The molecule has 0 saturated carbocycles. The lowest BCUT2D eigenvalue weighted by molar-refractivity contribution is -0.126. The molecule has 0 aromatic heterocycles. The number of halogens is 2. The summed E-state index contributed by atoms with van der Waals surface area (Å²) in [6, 6.07) is 4.81. The molecule has 6 nitrogen and oxygen atoms in total. The van der Waals surface area contributed by atoms with E-state index in [1.807, 2.05) is 0 Å². The van der Waals surface area contributed by atoms with Crippen LogP contribution in [0.15, 0.2) is 18.2 Å². The smallest absolute Gasteiger partial charge is 0.223 e. The molecule has 9 heteroatoms. The van der Waals surface area contributed by atoms with E-state index >= 15 is 0 Å². The lowest BCUT2D eigenvalue weighted by Gasteiger charge is -2.30. The molecule has 1 saturated heterocycles. The van der Waals surface area contributed by atoms with Crippen molar-refractivity contribution in [1.82, 2.24) is 9.62 Å². The molecule has 0 aliphatic carbocycles. The molecule has 1 heterocycles. The monoisotopic (exact) mass is 408 g/mol. The van der Waals surface area contributed by atoms with Crippen molar-refractivity contribution in [2.45, 2.75) is 18.6 Å². The third-order valence-electron chi connectivity index (χ3n) is 4.16. The first-order valence-corrected chi connectivity index (χ1v) is 10.4. The van der Waals surface area contributed by atoms with Crippen LogP contribution in [0.5, 0.6) is 0 Å². The number of rotatable bonds is 7. The summed E-state index contributed by atoms with van der Waals surface area (Å²) in [6.45, 7) is 1.60. The molecule has 0 unspecified atom stereocenters. The van der Waals surface area contributed by atoms with Gasteiger partial charge in [-0.05, 0) is 30.5 Å². The predicted molar refractivity (Wildman–Crippen MR) is 98.3 cm³/mol. The van der Waals surface area contributed by atoms with E-state index in [4.69, 9.17) is 27.9 Å². The van der Waals surface area contributed by atoms with E-state index in [-0.39, 0.29) is 17.6 Å². The minimum Gasteiger partial charge on any atom is -0.383 e. The quantitative estimate of drug-likeness (QED) is 0.702. The molecule has 1 aliphatic rings. The minimum atomic E-state index is -3.46. The minimum absolute atomic E-state index is 0.0430. The highest BCUT2D eigenvalue weighted by atomic mass is 35.5. The Bertz CT molecular complexity index is 704. The average molecular weight is 409 g/mol. The molecule has 140 valence electrons. The number of methoxy groups -OCH3 is 1. The fourth-order valence-corrected chi connectivity index (χ4v) is 4.62. The van der Waals surface area contributed by atoms with Crippen LogP contribution >= 0.6 is 23.2 Å². The fourth-order valence-electron chi connectivity index (χ4n) is 2.75. The van der Waals surface area contributed by atoms with E-state index in [0.29, 0.717) is 54.7 Å². The van der Waals surface area contributed by atoms with Crippen LogP contribution in [0.2, 0.25) is 10.0 Å². The lowest BCUT2D eigenvalue weighted by atomic mass is 9.97. The van der Waals surface area contributed by atoms with Gasteiger partial charge in [-0.15, -0.1) is 0 Å². The number of carbonyl (C=O) groups excluding carboxylic acids is 1. The molecular formula is C16H22Cl2N2O4S. The molecule has 0 spiro atoms. The van der Waals surface area contributed by atoms with Crippen LogP contribution in [0.4, 0.5) is 0 Å². The fraction of sp³-hybridized carbons (Fsp3) is 0.562. The summed E-state index contributed by atoms with van der Waals surface area (Å²) in [5.41, 5.74) is 0.592. The van der Waals surface area contributed by atoms with E-state index < -0.39 is 10.0 Å². The Labute approximate surface area is 158 Å². The van der Waals surface area contributed by atoms with Gasteiger partial charge in [-0.3, -0.25) is 4.79 Å². The zero-order chi connectivity index (χ0) is 18.4. The first-order chi connectivity index (χ1) is 11.8. The highest BCUT2D eigenvalue weighted by Gasteiger charge is 2.31. The maximum atomic E-state index is 12.6. The third kappa shape index (κ3) is 5.82. The van der Waals surface area contributed by atoms with Crippen molar-refractivity contribution < 1.29 is 17.9 Å². The van der Waals surface area contributed by atoms with Gasteiger partial charge in [0, 0.05) is 32.7 Å². The molecular weight excluding hydrogens is 387 g/mol. The molecule has 0 bridgehead atoms. The molecule has 0 radical (unpaired) electrons. The van der Waals surface area contributed by atoms with Gasteiger partial charge in [-0.25, -0.2) is 12.7 Å². The van der Waals surface area contributed by atoms with Crippen LogP contribution in [-0.2, 0) is 25.3 Å². The van der Waals surface area contributed by atoms with Gasteiger partial charge in [0.2, 0.25) is 15.9 Å². The van der Waals surface area contributed by atoms with E-state index in [1.54, 1.807) is 25.3 Å². The van der Waals surface area contributed by atoms with Crippen molar-refractivity contribution in [3.8, 4) is 0 Å². The van der Waals surface area contributed by atoms with Gasteiger partial charge in [0.05, 0.1) is 22.4 Å². The summed E-state index contributed by atoms with van der Waals surface area (Å²) in [6.07, 6.45) is 1.03. The summed E-state index contributed by atoms with van der Waals surface area (Å²) in [4.78, 5) is 12.0. The van der Waals surface area contributed by atoms with E-state index in [9.17, 15) is 13.2 Å². The maximum Gasteiger partial charge on any atom is 0.223 e. The summed E-state index contributed by atoms with van der Waals surface area (Å²) < 4.78 is 31.5. The number of piperidine rings is 1. The van der Waals surface area contributed by atoms with Crippen molar-refractivity contribution in [3.05, 3.63) is 33.8 Å². The van der Waals surface area contributed by atoms with Crippen molar-refractivity contribution >= 4 is 39.1 Å². The third-order valence-corrected chi connectivity index (χ3v) is 6.75. The SMILES string of the molecule is COCCNC(=O)C1CCN(S(=O)(=O)Cc2ccc(Cl)c(Cl)c2)CC1. The van der Waals surface area contributed by atoms with Crippen LogP contribution in [-0.4, -0.2) is 52.0 Å². The Morgan fingerprint density at radius 3 is 2.56 bits per heavy atom. The summed E-state index contributed by atoms with van der Waals surface area (Å²) in [7, 11) is -1.88. The van der Waals surface area contributed by atoms with E-state index in [2.05, 4.69) is 5.32 Å². The van der Waals surface area contributed by atoms with Gasteiger partial charge in [0.25, 0.3) is 0 Å².